The maximum absolute atomic E-state index is 11.7. The molecule has 0 atom stereocenters. The molecule has 0 aliphatic rings. The van der Waals surface area contributed by atoms with Crippen LogP contribution in [0.25, 0.3) is 0 Å². The fourth-order valence-electron chi connectivity index (χ4n) is 1.73. The Kier molecular flexibility index (Phi) is 4.48. The van der Waals surface area contributed by atoms with E-state index in [0.717, 1.165) is 11.1 Å². The lowest BCUT2D eigenvalue weighted by Crippen LogP contribution is -2.23. The molecule has 0 saturated heterocycles. The summed E-state index contributed by atoms with van der Waals surface area (Å²) in [4.78, 5) is 16.5. The summed E-state index contributed by atoms with van der Waals surface area (Å²) < 4.78 is 4.74. The highest BCUT2D eigenvalue weighted by molar-refractivity contribution is 6.43. The van der Waals surface area contributed by atoms with E-state index in [9.17, 15) is 4.79 Å². The van der Waals surface area contributed by atoms with Crippen LogP contribution in [0.15, 0.2) is 29.4 Å². The lowest BCUT2D eigenvalue weighted by atomic mass is 9.82. The number of oxime groups is 1. The van der Waals surface area contributed by atoms with Crippen molar-refractivity contribution in [1.82, 2.24) is 0 Å². The highest BCUT2D eigenvalue weighted by Crippen LogP contribution is 2.26. The molecule has 0 aliphatic carbocycles. The second kappa shape index (κ2) is 5.67. The standard InChI is InChI=1S/C14H19NO3/c1-14(2,3)11-9-7-6-8-10(11)12(15-18-5)13(16)17-4/h6-9H,1-5H3/b15-12+. The highest BCUT2D eigenvalue weighted by Gasteiger charge is 2.24. The molecule has 0 aliphatic heterocycles. The highest BCUT2D eigenvalue weighted by atomic mass is 16.6. The molecule has 4 nitrogen and oxygen atoms in total. The smallest absolute Gasteiger partial charge is 0.360 e. The molecule has 4 heteroatoms. The second-order valence-corrected chi connectivity index (χ2v) is 4.91. The van der Waals surface area contributed by atoms with E-state index in [4.69, 9.17) is 9.57 Å². The van der Waals surface area contributed by atoms with Gasteiger partial charge < -0.3 is 9.57 Å². The zero-order valence-electron chi connectivity index (χ0n) is 11.5. The molecule has 0 saturated carbocycles. The van der Waals surface area contributed by atoms with Crippen molar-refractivity contribution in [2.75, 3.05) is 14.2 Å². The van der Waals surface area contributed by atoms with Crippen molar-refractivity contribution < 1.29 is 14.4 Å². The van der Waals surface area contributed by atoms with Crippen LogP contribution in [0.3, 0.4) is 0 Å². The Labute approximate surface area is 108 Å². The van der Waals surface area contributed by atoms with E-state index in [1.54, 1.807) is 0 Å². The third-order valence-corrected chi connectivity index (χ3v) is 2.55. The predicted octanol–water partition coefficient (Wildman–Crippen LogP) is 2.51. The number of nitrogens with zero attached hydrogens (tertiary/aromatic N) is 1. The van der Waals surface area contributed by atoms with E-state index in [0.29, 0.717) is 0 Å². The van der Waals surface area contributed by atoms with Crippen molar-refractivity contribution in [1.29, 1.82) is 0 Å². The third kappa shape index (κ3) is 3.09. The summed E-state index contributed by atoms with van der Waals surface area (Å²) in [6.45, 7) is 6.23. The van der Waals surface area contributed by atoms with E-state index in [1.807, 2.05) is 24.3 Å². The van der Waals surface area contributed by atoms with Gasteiger partial charge in [0.05, 0.1) is 7.11 Å². The van der Waals surface area contributed by atoms with E-state index < -0.39 is 5.97 Å². The molecule has 0 bridgehead atoms. The molecular formula is C14H19NO3. The van der Waals surface area contributed by atoms with Crippen LogP contribution in [0.2, 0.25) is 0 Å². The SMILES string of the molecule is CO/N=C(/C(=O)OC)c1ccccc1C(C)(C)C. The van der Waals surface area contributed by atoms with E-state index >= 15 is 0 Å². The molecule has 0 aromatic heterocycles. The number of esters is 1. The van der Waals surface area contributed by atoms with Gasteiger partial charge in [-0.25, -0.2) is 4.79 Å². The topological polar surface area (TPSA) is 47.9 Å². The van der Waals surface area contributed by atoms with Crippen molar-refractivity contribution in [2.45, 2.75) is 26.2 Å². The fraction of sp³-hybridized carbons (Fsp3) is 0.429. The van der Waals surface area contributed by atoms with Crippen LogP contribution < -0.4 is 0 Å². The average Bonchev–Trinajstić information content (AvgIpc) is 2.34. The van der Waals surface area contributed by atoms with Crippen LogP contribution in [0.1, 0.15) is 31.9 Å². The largest absolute Gasteiger partial charge is 0.464 e. The first-order valence-corrected chi connectivity index (χ1v) is 5.71. The number of methoxy groups -OCH3 is 1. The van der Waals surface area contributed by atoms with Crippen LogP contribution in [0, 0.1) is 0 Å². The van der Waals surface area contributed by atoms with Gasteiger partial charge in [0, 0.05) is 5.56 Å². The number of ether oxygens (including phenoxy) is 1. The molecule has 0 N–H and O–H groups in total. The number of carbonyl (C=O) groups is 1. The monoisotopic (exact) mass is 249 g/mol. The van der Waals surface area contributed by atoms with Crippen molar-refractivity contribution >= 4 is 11.7 Å². The zero-order chi connectivity index (χ0) is 13.8. The first-order chi connectivity index (χ1) is 8.41. The molecule has 0 amide bonds. The molecule has 0 fully saturated rings. The van der Waals surface area contributed by atoms with Crippen molar-refractivity contribution in [2.24, 2.45) is 5.16 Å². The Morgan fingerprint density at radius 1 is 1.17 bits per heavy atom. The minimum absolute atomic E-state index is 0.0981. The van der Waals surface area contributed by atoms with Gasteiger partial charge in [-0.1, -0.05) is 50.2 Å². The normalized spacial score (nSPS) is 12.2. The quantitative estimate of drug-likeness (QED) is 0.470. The van der Waals surface area contributed by atoms with Crippen LogP contribution >= 0.6 is 0 Å². The van der Waals surface area contributed by atoms with Crippen LogP contribution in [0.4, 0.5) is 0 Å². The van der Waals surface area contributed by atoms with Crippen molar-refractivity contribution in [3.8, 4) is 0 Å². The fourth-order valence-corrected chi connectivity index (χ4v) is 1.73. The van der Waals surface area contributed by atoms with Gasteiger partial charge in [0.15, 0.2) is 5.71 Å². The summed E-state index contributed by atoms with van der Waals surface area (Å²) in [5, 5.41) is 3.78. The van der Waals surface area contributed by atoms with Gasteiger partial charge in [-0.05, 0) is 11.0 Å². The average molecular weight is 249 g/mol. The first-order valence-electron chi connectivity index (χ1n) is 5.71. The van der Waals surface area contributed by atoms with Gasteiger partial charge in [0.1, 0.15) is 7.11 Å². The molecule has 98 valence electrons. The summed E-state index contributed by atoms with van der Waals surface area (Å²) in [6, 6.07) is 7.61. The minimum Gasteiger partial charge on any atom is -0.464 e. The summed E-state index contributed by atoms with van der Waals surface area (Å²) in [6.07, 6.45) is 0. The number of carbonyl (C=O) groups excluding carboxylic acids is 1. The van der Waals surface area contributed by atoms with Gasteiger partial charge in [-0.2, -0.15) is 0 Å². The molecule has 1 rings (SSSR count). The Bertz CT molecular complexity index is 458. The maximum Gasteiger partial charge on any atom is 0.360 e. The molecule has 0 heterocycles. The van der Waals surface area contributed by atoms with E-state index in [1.165, 1.54) is 14.2 Å². The van der Waals surface area contributed by atoms with Crippen LogP contribution in [-0.4, -0.2) is 25.9 Å². The number of rotatable bonds is 3. The van der Waals surface area contributed by atoms with Gasteiger partial charge in [-0.3, -0.25) is 0 Å². The lowest BCUT2D eigenvalue weighted by Gasteiger charge is -2.22. The maximum atomic E-state index is 11.7. The second-order valence-electron chi connectivity index (χ2n) is 4.91. The Morgan fingerprint density at radius 2 is 1.78 bits per heavy atom. The van der Waals surface area contributed by atoms with Gasteiger partial charge in [0.2, 0.25) is 0 Å². The van der Waals surface area contributed by atoms with Crippen LogP contribution in [0.5, 0.6) is 0 Å². The number of hydrogen-bond donors (Lipinski definition) is 0. The Morgan fingerprint density at radius 3 is 2.28 bits per heavy atom. The minimum atomic E-state index is -0.506. The lowest BCUT2D eigenvalue weighted by molar-refractivity contribution is -0.132. The molecule has 1 aromatic carbocycles. The van der Waals surface area contributed by atoms with Crippen molar-refractivity contribution in [3.63, 3.8) is 0 Å². The summed E-state index contributed by atoms with van der Waals surface area (Å²) in [5.41, 5.74) is 1.84. The van der Waals surface area contributed by atoms with E-state index in [-0.39, 0.29) is 11.1 Å². The van der Waals surface area contributed by atoms with E-state index in [2.05, 4.69) is 25.9 Å². The summed E-state index contributed by atoms with van der Waals surface area (Å²) in [7, 11) is 2.73. The first kappa shape index (κ1) is 14.2. The molecule has 0 radical (unpaired) electrons. The Hall–Kier alpha value is -1.84. The summed E-state index contributed by atoms with van der Waals surface area (Å²) in [5.74, 6) is -0.506. The third-order valence-electron chi connectivity index (χ3n) is 2.55. The number of hydrogen-bond acceptors (Lipinski definition) is 4. The van der Waals surface area contributed by atoms with Crippen molar-refractivity contribution in [3.05, 3.63) is 35.4 Å². The van der Waals surface area contributed by atoms with Gasteiger partial charge in [-0.15, -0.1) is 0 Å². The van der Waals surface area contributed by atoms with Gasteiger partial charge >= 0.3 is 5.97 Å². The van der Waals surface area contributed by atoms with Gasteiger partial charge in [0.25, 0.3) is 0 Å². The molecule has 18 heavy (non-hydrogen) atoms. The Balaban J connectivity index is 3.39. The zero-order valence-corrected chi connectivity index (χ0v) is 11.5. The van der Waals surface area contributed by atoms with Crippen LogP contribution in [-0.2, 0) is 19.8 Å². The molecule has 1 aromatic rings. The molecular weight excluding hydrogens is 230 g/mol. The summed E-state index contributed by atoms with van der Waals surface area (Å²) >= 11 is 0. The predicted molar refractivity (Wildman–Crippen MR) is 70.7 cm³/mol. The molecule has 0 unspecified atom stereocenters. The molecule has 0 spiro atoms. The number of benzene rings is 1.